The number of pyridine rings is 1. The highest BCUT2D eigenvalue weighted by Gasteiger charge is 2.66. The Balaban J connectivity index is 1.53. The molecule has 0 radical (unpaired) electrons. The van der Waals surface area contributed by atoms with Crippen LogP contribution in [-0.4, -0.2) is 38.1 Å². The lowest BCUT2D eigenvalue weighted by atomic mass is 9.85. The fraction of sp³-hybridized carbons (Fsp3) is 0.304. The summed E-state index contributed by atoms with van der Waals surface area (Å²) in [4.78, 5) is 17.1. The van der Waals surface area contributed by atoms with Crippen LogP contribution in [0.3, 0.4) is 0 Å². The number of fused-ring (bicyclic) bond motifs is 2. The van der Waals surface area contributed by atoms with Gasteiger partial charge in [-0.25, -0.2) is 28.1 Å². The van der Waals surface area contributed by atoms with E-state index in [0.717, 1.165) is 17.8 Å². The Labute approximate surface area is 197 Å². The second kappa shape index (κ2) is 8.06. The van der Waals surface area contributed by atoms with Gasteiger partial charge in [0.2, 0.25) is 0 Å². The van der Waals surface area contributed by atoms with Gasteiger partial charge >= 0.3 is 0 Å². The molecule has 3 N–H and O–H groups in total. The number of hydrogen-bond donors (Lipinski definition) is 2. The first kappa shape index (κ1) is 22.3. The van der Waals surface area contributed by atoms with Gasteiger partial charge in [-0.1, -0.05) is 17.7 Å². The molecule has 3 heterocycles. The SMILES string of the molecule is C#CCOc1cnc2c(Nc3cc(F)c(F)c([C@]4(C)N=C(N)S[C@@]5(CF)C[C@H]54)c3)ncnc2c1. The number of halogens is 3. The topological polar surface area (TPSA) is 98.3 Å². The average Bonchev–Trinajstić information content (AvgIpc) is 3.56. The van der Waals surface area contributed by atoms with Crippen LogP contribution in [0.15, 0.2) is 35.7 Å². The maximum atomic E-state index is 15.0. The number of anilines is 2. The molecule has 1 aliphatic heterocycles. The number of alkyl halides is 1. The van der Waals surface area contributed by atoms with Crippen LogP contribution in [0, 0.1) is 29.9 Å². The lowest BCUT2D eigenvalue weighted by Gasteiger charge is -2.33. The van der Waals surface area contributed by atoms with Gasteiger partial charge in [0.25, 0.3) is 0 Å². The van der Waals surface area contributed by atoms with Crippen LogP contribution in [0.1, 0.15) is 18.9 Å². The second-order valence-corrected chi connectivity index (χ2v) is 9.79. The van der Waals surface area contributed by atoms with Crippen LogP contribution >= 0.6 is 11.8 Å². The Hall–Kier alpha value is -3.52. The molecule has 0 saturated heterocycles. The van der Waals surface area contributed by atoms with Gasteiger partial charge in [0.1, 0.15) is 30.9 Å². The van der Waals surface area contributed by atoms with E-state index in [1.807, 2.05) is 0 Å². The molecule has 174 valence electrons. The zero-order valence-corrected chi connectivity index (χ0v) is 18.8. The number of terminal acetylenes is 1. The minimum absolute atomic E-state index is 0.00475. The monoisotopic (exact) mass is 484 g/mol. The molecule has 5 rings (SSSR count). The van der Waals surface area contributed by atoms with Crippen LogP contribution < -0.4 is 15.8 Å². The average molecular weight is 485 g/mol. The van der Waals surface area contributed by atoms with Gasteiger partial charge in [-0.2, -0.15) is 0 Å². The Morgan fingerprint density at radius 2 is 2.12 bits per heavy atom. The van der Waals surface area contributed by atoms with Crippen molar-refractivity contribution in [3.05, 3.63) is 47.9 Å². The Morgan fingerprint density at radius 3 is 2.88 bits per heavy atom. The van der Waals surface area contributed by atoms with Crippen LogP contribution in [0.5, 0.6) is 5.75 Å². The summed E-state index contributed by atoms with van der Waals surface area (Å²) in [5.41, 5.74) is 5.82. The van der Waals surface area contributed by atoms with Gasteiger partial charge in [-0.15, -0.1) is 6.42 Å². The number of nitrogens with two attached hydrogens (primary N) is 1. The summed E-state index contributed by atoms with van der Waals surface area (Å²) in [6.07, 6.45) is 8.45. The van der Waals surface area contributed by atoms with Crippen molar-refractivity contribution in [2.45, 2.75) is 23.6 Å². The largest absolute Gasteiger partial charge is 0.479 e. The molecule has 11 heteroatoms. The highest BCUT2D eigenvalue weighted by Crippen LogP contribution is 2.66. The second-order valence-electron chi connectivity index (χ2n) is 8.35. The van der Waals surface area contributed by atoms with E-state index >= 15 is 4.39 Å². The van der Waals surface area contributed by atoms with Gasteiger partial charge in [-0.05, 0) is 19.4 Å². The molecule has 2 aliphatic rings. The molecule has 7 nitrogen and oxygen atoms in total. The summed E-state index contributed by atoms with van der Waals surface area (Å²) in [6, 6.07) is 4.11. The van der Waals surface area contributed by atoms with Crippen molar-refractivity contribution in [2.24, 2.45) is 16.6 Å². The first-order valence-electron chi connectivity index (χ1n) is 10.3. The minimum Gasteiger partial charge on any atom is -0.479 e. The van der Waals surface area contributed by atoms with E-state index in [1.165, 1.54) is 18.6 Å². The quantitative estimate of drug-likeness (QED) is 0.509. The molecule has 0 amide bonds. The maximum absolute atomic E-state index is 15.0. The van der Waals surface area contributed by atoms with E-state index in [9.17, 15) is 8.78 Å². The van der Waals surface area contributed by atoms with Crippen LogP contribution in [0.25, 0.3) is 11.0 Å². The first-order valence-corrected chi connectivity index (χ1v) is 11.1. The molecule has 0 spiro atoms. The number of amidine groups is 1. The van der Waals surface area contributed by atoms with Crippen molar-refractivity contribution in [3.8, 4) is 18.1 Å². The maximum Gasteiger partial charge on any atom is 0.164 e. The molecule has 3 aromatic rings. The molecule has 1 fully saturated rings. The number of thioether (sulfide) groups is 1. The van der Waals surface area contributed by atoms with E-state index < -0.39 is 28.6 Å². The summed E-state index contributed by atoms with van der Waals surface area (Å²) in [7, 11) is 0. The third kappa shape index (κ3) is 3.58. The van der Waals surface area contributed by atoms with E-state index in [0.29, 0.717) is 23.2 Å². The smallest absolute Gasteiger partial charge is 0.164 e. The fourth-order valence-electron chi connectivity index (χ4n) is 4.46. The van der Waals surface area contributed by atoms with E-state index in [4.69, 9.17) is 16.9 Å². The fourth-order valence-corrected chi connectivity index (χ4v) is 5.79. The molecule has 1 aliphatic carbocycles. The van der Waals surface area contributed by atoms with E-state index in [-0.39, 0.29) is 34.8 Å². The Bertz CT molecular complexity index is 1380. The number of rotatable bonds is 6. The number of benzene rings is 1. The summed E-state index contributed by atoms with van der Waals surface area (Å²) < 4.78 is 48.1. The zero-order valence-electron chi connectivity index (χ0n) is 18.0. The highest BCUT2D eigenvalue weighted by molar-refractivity contribution is 8.15. The van der Waals surface area contributed by atoms with Crippen LogP contribution in [0.2, 0.25) is 0 Å². The predicted octanol–water partition coefficient (Wildman–Crippen LogP) is 4.06. The lowest BCUT2D eigenvalue weighted by Crippen LogP contribution is -2.37. The Kier molecular flexibility index (Phi) is 5.28. The number of nitrogens with one attached hydrogen (secondary N) is 1. The van der Waals surface area contributed by atoms with Gasteiger partial charge in [0.05, 0.1) is 22.0 Å². The van der Waals surface area contributed by atoms with E-state index in [1.54, 1.807) is 13.0 Å². The molecular formula is C23H19F3N6OS. The van der Waals surface area contributed by atoms with E-state index in [2.05, 4.69) is 31.2 Å². The summed E-state index contributed by atoms with van der Waals surface area (Å²) >= 11 is 1.16. The molecular weight excluding hydrogens is 465 g/mol. The van der Waals surface area contributed by atoms with Crippen molar-refractivity contribution in [1.82, 2.24) is 15.0 Å². The first-order chi connectivity index (χ1) is 16.3. The van der Waals surface area contributed by atoms with Gasteiger partial charge in [0.15, 0.2) is 22.6 Å². The Morgan fingerprint density at radius 1 is 1.29 bits per heavy atom. The zero-order chi connectivity index (χ0) is 24.1. The summed E-state index contributed by atoms with van der Waals surface area (Å²) in [5, 5.41) is 3.14. The van der Waals surface area contributed by atoms with Crippen molar-refractivity contribution in [1.29, 1.82) is 0 Å². The number of hydrogen-bond acceptors (Lipinski definition) is 8. The lowest BCUT2D eigenvalue weighted by molar-refractivity contribution is 0.357. The number of nitrogens with zero attached hydrogens (tertiary/aromatic N) is 4. The summed E-state index contributed by atoms with van der Waals surface area (Å²) in [6.45, 7) is 1.11. The van der Waals surface area contributed by atoms with Crippen molar-refractivity contribution >= 4 is 39.5 Å². The molecule has 2 aromatic heterocycles. The number of ether oxygens (including phenoxy) is 1. The van der Waals surface area contributed by atoms with Crippen molar-refractivity contribution in [3.63, 3.8) is 0 Å². The summed E-state index contributed by atoms with van der Waals surface area (Å²) in [5.74, 6) is 0.654. The molecule has 1 aromatic carbocycles. The predicted molar refractivity (Wildman–Crippen MR) is 125 cm³/mol. The molecule has 1 saturated carbocycles. The highest BCUT2D eigenvalue weighted by atomic mass is 32.2. The van der Waals surface area contributed by atoms with Crippen LogP contribution in [-0.2, 0) is 5.54 Å². The molecule has 3 atom stereocenters. The normalized spacial score (nSPS) is 25.3. The van der Waals surface area contributed by atoms with Gasteiger partial charge in [-0.3, -0.25) is 4.99 Å². The number of aliphatic imine (C=N–C) groups is 1. The number of aromatic nitrogens is 3. The van der Waals surface area contributed by atoms with Crippen molar-refractivity contribution in [2.75, 3.05) is 18.6 Å². The molecule has 34 heavy (non-hydrogen) atoms. The van der Waals surface area contributed by atoms with Gasteiger partial charge in [0, 0.05) is 29.3 Å². The van der Waals surface area contributed by atoms with Gasteiger partial charge < -0.3 is 15.8 Å². The minimum atomic E-state index is -1.21. The third-order valence-corrected chi connectivity index (χ3v) is 7.46. The third-order valence-electron chi connectivity index (χ3n) is 6.19. The molecule has 0 bridgehead atoms. The van der Waals surface area contributed by atoms with Crippen LogP contribution in [0.4, 0.5) is 24.7 Å². The molecule has 0 unspecified atom stereocenters. The standard InChI is InChI=1S/C23H19F3N6OS/c1-3-4-33-13-7-16-19(28-9-13)20(30-11-29-16)31-12-5-14(18(26)15(25)6-12)22(2)17-8-23(17,10-24)34-21(27)32-22/h1,5-7,9,11,17H,4,8,10H2,2H3,(H2,27,32)(H,29,30,31)/t17-,22-,23+/m0/s1. The van der Waals surface area contributed by atoms with Crippen molar-refractivity contribution < 1.29 is 17.9 Å².